The van der Waals surface area contributed by atoms with Gasteiger partial charge < -0.3 is 15.2 Å². The SMILES string of the molecule is CCOCCOc1c(F)cc(CC(C)N)cc1F. The Morgan fingerprint density at radius 3 is 2.33 bits per heavy atom. The lowest BCUT2D eigenvalue weighted by atomic mass is 10.1. The molecule has 5 heteroatoms. The normalized spacial score (nSPS) is 12.5. The lowest BCUT2D eigenvalue weighted by molar-refractivity contribution is 0.107. The summed E-state index contributed by atoms with van der Waals surface area (Å²) in [6.45, 7) is 4.58. The summed E-state index contributed by atoms with van der Waals surface area (Å²) in [6, 6.07) is 2.36. The lowest BCUT2D eigenvalue weighted by Crippen LogP contribution is -2.18. The van der Waals surface area contributed by atoms with Gasteiger partial charge in [0, 0.05) is 12.6 Å². The Balaban J connectivity index is 2.68. The third kappa shape index (κ3) is 4.58. The molecule has 0 aliphatic carbocycles. The van der Waals surface area contributed by atoms with E-state index in [1.807, 2.05) is 6.92 Å². The first-order valence-electron chi connectivity index (χ1n) is 5.98. The molecule has 1 aromatic rings. The molecule has 0 amide bonds. The van der Waals surface area contributed by atoms with Crippen LogP contribution in [-0.4, -0.2) is 25.9 Å². The summed E-state index contributed by atoms with van der Waals surface area (Å²) >= 11 is 0. The molecular formula is C13H19F2NO2. The molecular weight excluding hydrogens is 240 g/mol. The Morgan fingerprint density at radius 1 is 1.22 bits per heavy atom. The standard InChI is InChI=1S/C13H19F2NO2/c1-3-17-4-5-18-13-11(14)7-10(6-9(2)16)8-12(13)15/h7-9H,3-6,16H2,1-2H3. The molecule has 0 heterocycles. The number of nitrogens with two attached hydrogens (primary N) is 1. The van der Waals surface area contributed by atoms with Crippen LogP contribution >= 0.6 is 0 Å². The molecule has 1 aromatic carbocycles. The maximum absolute atomic E-state index is 13.6. The molecule has 0 aliphatic heterocycles. The van der Waals surface area contributed by atoms with E-state index in [2.05, 4.69) is 0 Å². The monoisotopic (exact) mass is 259 g/mol. The van der Waals surface area contributed by atoms with Crippen LogP contribution in [0.5, 0.6) is 5.75 Å². The fraction of sp³-hybridized carbons (Fsp3) is 0.538. The minimum Gasteiger partial charge on any atom is -0.485 e. The van der Waals surface area contributed by atoms with E-state index in [1.54, 1.807) is 6.92 Å². The zero-order chi connectivity index (χ0) is 13.5. The summed E-state index contributed by atoms with van der Waals surface area (Å²) in [4.78, 5) is 0. The molecule has 1 rings (SSSR count). The average Bonchev–Trinajstić information content (AvgIpc) is 2.26. The average molecular weight is 259 g/mol. The molecule has 0 aliphatic rings. The van der Waals surface area contributed by atoms with E-state index in [4.69, 9.17) is 15.2 Å². The highest BCUT2D eigenvalue weighted by molar-refractivity contribution is 5.31. The van der Waals surface area contributed by atoms with Crippen LogP contribution in [0.3, 0.4) is 0 Å². The highest BCUT2D eigenvalue weighted by atomic mass is 19.1. The van der Waals surface area contributed by atoms with Crippen molar-refractivity contribution in [3.8, 4) is 5.75 Å². The quantitative estimate of drug-likeness (QED) is 0.764. The van der Waals surface area contributed by atoms with Crippen LogP contribution in [0, 0.1) is 11.6 Å². The summed E-state index contributed by atoms with van der Waals surface area (Å²) in [5, 5.41) is 0. The van der Waals surface area contributed by atoms with Crippen LogP contribution in [0.4, 0.5) is 8.78 Å². The van der Waals surface area contributed by atoms with Crippen molar-refractivity contribution in [1.29, 1.82) is 0 Å². The first-order valence-corrected chi connectivity index (χ1v) is 5.98. The molecule has 1 atom stereocenters. The maximum Gasteiger partial charge on any atom is 0.190 e. The van der Waals surface area contributed by atoms with Gasteiger partial charge in [0.15, 0.2) is 17.4 Å². The van der Waals surface area contributed by atoms with Crippen LogP contribution in [-0.2, 0) is 11.2 Å². The topological polar surface area (TPSA) is 44.5 Å². The van der Waals surface area contributed by atoms with Crippen LogP contribution in [0.2, 0.25) is 0 Å². The van der Waals surface area contributed by atoms with Crippen molar-refractivity contribution in [3.05, 3.63) is 29.3 Å². The first kappa shape index (κ1) is 14.9. The number of hydrogen-bond acceptors (Lipinski definition) is 3. The zero-order valence-corrected chi connectivity index (χ0v) is 10.7. The van der Waals surface area contributed by atoms with Gasteiger partial charge in [0.05, 0.1) is 6.61 Å². The van der Waals surface area contributed by atoms with Gasteiger partial charge in [-0.05, 0) is 38.0 Å². The molecule has 102 valence electrons. The van der Waals surface area contributed by atoms with E-state index in [1.165, 1.54) is 12.1 Å². The Kier molecular flexibility index (Phi) is 6.01. The minimum absolute atomic E-state index is 0.119. The molecule has 0 fully saturated rings. The fourth-order valence-corrected chi connectivity index (χ4v) is 1.59. The van der Waals surface area contributed by atoms with Crippen molar-refractivity contribution < 1.29 is 18.3 Å². The van der Waals surface area contributed by atoms with Crippen molar-refractivity contribution >= 4 is 0 Å². The van der Waals surface area contributed by atoms with E-state index in [0.29, 0.717) is 25.2 Å². The van der Waals surface area contributed by atoms with Gasteiger partial charge in [-0.2, -0.15) is 0 Å². The second-order valence-electron chi connectivity index (χ2n) is 4.12. The predicted octanol–water partition coefficient (Wildman–Crippen LogP) is 2.27. The third-order valence-electron chi connectivity index (χ3n) is 2.29. The summed E-state index contributed by atoms with van der Waals surface area (Å²) in [7, 11) is 0. The van der Waals surface area contributed by atoms with Gasteiger partial charge in [-0.15, -0.1) is 0 Å². The molecule has 1 unspecified atom stereocenters. The van der Waals surface area contributed by atoms with Gasteiger partial charge in [-0.1, -0.05) is 0 Å². The van der Waals surface area contributed by atoms with E-state index < -0.39 is 11.6 Å². The number of rotatable bonds is 7. The predicted molar refractivity (Wildman–Crippen MR) is 65.7 cm³/mol. The van der Waals surface area contributed by atoms with Crippen molar-refractivity contribution in [2.24, 2.45) is 5.73 Å². The number of ether oxygens (including phenoxy) is 2. The summed E-state index contributed by atoms with van der Waals surface area (Å²) in [5.74, 6) is -1.77. The van der Waals surface area contributed by atoms with Crippen LogP contribution in [0.15, 0.2) is 12.1 Å². The minimum atomic E-state index is -0.706. The van der Waals surface area contributed by atoms with E-state index in [9.17, 15) is 8.78 Å². The van der Waals surface area contributed by atoms with E-state index in [-0.39, 0.29) is 18.4 Å². The number of halogens is 2. The highest BCUT2D eigenvalue weighted by Gasteiger charge is 2.13. The van der Waals surface area contributed by atoms with Gasteiger partial charge in [-0.25, -0.2) is 8.78 Å². The lowest BCUT2D eigenvalue weighted by Gasteiger charge is -2.11. The number of hydrogen-bond donors (Lipinski definition) is 1. The Labute approximate surface area is 106 Å². The van der Waals surface area contributed by atoms with Gasteiger partial charge in [0.2, 0.25) is 0 Å². The second-order valence-corrected chi connectivity index (χ2v) is 4.12. The zero-order valence-electron chi connectivity index (χ0n) is 10.7. The van der Waals surface area contributed by atoms with Crippen molar-refractivity contribution in [2.75, 3.05) is 19.8 Å². The first-order chi connectivity index (χ1) is 8.54. The molecule has 0 saturated heterocycles. The molecule has 18 heavy (non-hydrogen) atoms. The van der Waals surface area contributed by atoms with Gasteiger partial charge in [0.1, 0.15) is 6.61 Å². The molecule has 3 nitrogen and oxygen atoms in total. The summed E-state index contributed by atoms with van der Waals surface area (Å²) in [6.07, 6.45) is 0.424. The van der Waals surface area contributed by atoms with Gasteiger partial charge in [-0.3, -0.25) is 0 Å². The van der Waals surface area contributed by atoms with Gasteiger partial charge >= 0.3 is 0 Å². The Bertz CT molecular complexity index is 360. The van der Waals surface area contributed by atoms with Crippen molar-refractivity contribution in [2.45, 2.75) is 26.3 Å². The maximum atomic E-state index is 13.6. The van der Waals surface area contributed by atoms with Crippen LogP contribution < -0.4 is 10.5 Å². The van der Waals surface area contributed by atoms with Crippen molar-refractivity contribution in [3.63, 3.8) is 0 Å². The Hall–Kier alpha value is -1.20. The van der Waals surface area contributed by atoms with Crippen LogP contribution in [0.25, 0.3) is 0 Å². The van der Waals surface area contributed by atoms with E-state index >= 15 is 0 Å². The second kappa shape index (κ2) is 7.28. The molecule has 2 N–H and O–H groups in total. The largest absolute Gasteiger partial charge is 0.485 e. The molecule has 0 spiro atoms. The molecule has 0 saturated carbocycles. The van der Waals surface area contributed by atoms with Crippen molar-refractivity contribution in [1.82, 2.24) is 0 Å². The third-order valence-corrected chi connectivity index (χ3v) is 2.29. The molecule has 0 aromatic heterocycles. The smallest absolute Gasteiger partial charge is 0.190 e. The van der Waals surface area contributed by atoms with Gasteiger partial charge in [0.25, 0.3) is 0 Å². The fourth-order valence-electron chi connectivity index (χ4n) is 1.59. The molecule has 0 radical (unpaired) electrons. The van der Waals surface area contributed by atoms with Crippen LogP contribution in [0.1, 0.15) is 19.4 Å². The summed E-state index contributed by atoms with van der Waals surface area (Å²) < 4.78 is 37.3. The Morgan fingerprint density at radius 2 is 1.83 bits per heavy atom. The highest BCUT2D eigenvalue weighted by Crippen LogP contribution is 2.23. The number of benzene rings is 1. The summed E-state index contributed by atoms with van der Waals surface area (Å²) in [5.41, 5.74) is 6.11. The van der Waals surface area contributed by atoms with E-state index in [0.717, 1.165) is 0 Å². The molecule has 0 bridgehead atoms.